The number of aliphatic carboxylic acids is 1. The molecule has 4 rings (SSSR count). The number of ether oxygens (including phenoxy) is 1. The number of rotatable bonds is 9. The van der Waals surface area contributed by atoms with Crippen molar-refractivity contribution in [2.24, 2.45) is 0 Å². The Morgan fingerprint density at radius 3 is 2.37 bits per heavy atom. The van der Waals surface area contributed by atoms with Crippen LogP contribution >= 0.6 is 0 Å². The molecule has 3 aromatic rings. The van der Waals surface area contributed by atoms with E-state index in [0.29, 0.717) is 5.69 Å². The molecule has 0 aliphatic heterocycles. The summed E-state index contributed by atoms with van der Waals surface area (Å²) in [5.41, 5.74) is 4.91. The minimum atomic E-state index is -1.21. The first-order valence-electron chi connectivity index (χ1n) is 11.0. The third-order valence-electron chi connectivity index (χ3n) is 5.83. The van der Waals surface area contributed by atoms with Crippen molar-refractivity contribution in [1.82, 2.24) is 20.2 Å². The monoisotopic (exact) mass is 472 g/mol. The van der Waals surface area contributed by atoms with E-state index in [1.807, 2.05) is 48.5 Å². The van der Waals surface area contributed by atoms with Gasteiger partial charge in [-0.2, -0.15) is 0 Å². The van der Waals surface area contributed by atoms with E-state index in [1.165, 1.54) is 12.5 Å². The van der Waals surface area contributed by atoms with Crippen LogP contribution in [-0.4, -0.2) is 63.7 Å². The summed E-state index contributed by atoms with van der Waals surface area (Å²) >= 11 is 0. The number of hydrogen-bond acceptors (Lipinski definition) is 5. The number of carbonyl (C=O) groups is 3. The summed E-state index contributed by atoms with van der Waals surface area (Å²) in [6, 6.07) is 14.8. The summed E-state index contributed by atoms with van der Waals surface area (Å²) in [6.45, 7) is -0.722. The second-order valence-corrected chi connectivity index (χ2v) is 8.10. The highest BCUT2D eigenvalue weighted by Gasteiger charge is 2.31. The SMILES string of the molecule is C#CCN(CC(=O)O)C(=O)C(Cc1cnc[nH]1)NC(=O)OCC1c2ccccc2-c2ccccc21. The van der Waals surface area contributed by atoms with E-state index < -0.39 is 30.6 Å². The molecule has 2 amide bonds. The Bertz CT molecular complexity index is 1220. The van der Waals surface area contributed by atoms with Crippen LogP contribution in [-0.2, 0) is 20.7 Å². The van der Waals surface area contributed by atoms with Crippen LogP contribution in [0.2, 0.25) is 0 Å². The van der Waals surface area contributed by atoms with Crippen molar-refractivity contribution in [1.29, 1.82) is 0 Å². The number of aromatic nitrogens is 2. The van der Waals surface area contributed by atoms with Crippen LogP contribution in [0.5, 0.6) is 0 Å². The number of carboxylic acids is 1. The number of benzene rings is 2. The van der Waals surface area contributed by atoms with Crippen molar-refractivity contribution in [2.45, 2.75) is 18.4 Å². The van der Waals surface area contributed by atoms with Gasteiger partial charge in [-0.05, 0) is 22.3 Å². The smallest absolute Gasteiger partial charge is 0.407 e. The largest absolute Gasteiger partial charge is 0.480 e. The lowest BCUT2D eigenvalue weighted by Crippen LogP contribution is -2.51. The molecule has 0 radical (unpaired) electrons. The Morgan fingerprint density at radius 2 is 1.80 bits per heavy atom. The number of nitrogens with zero attached hydrogens (tertiary/aromatic N) is 2. The molecule has 1 aliphatic carbocycles. The van der Waals surface area contributed by atoms with Crippen LogP contribution in [0, 0.1) is 12.3 Å². The second-order valence-electron chi connectivity index (χ2n) is 8.10. The molecule has 0 fully saturated rings. The molecule has 3 N–H and O–H groups in total. The molecule has 0 bridgehead atoms. The molecule has 0 spiro atoms. The summed E-state index contributed by atoms with van der Waals surface area (Å²) in [5.74, 6) is 0.297. The summed E-state index contributed by atoms with van der Waals surface area (Å²) in [4.78, 5) is 44.9. The quantitative estimate of drug-likeness (QED) is 0.411. The first-order valence-corrected chi connectivity index (χ1v) is 11.0. The maximum absolute atomic E-state index is 13.1. The van der Waals surface area contributed by atoms with E-state index in [1.54, 1.807) is 0 Å². The molecule has 0 saturated heterocycles. The highest BCUT2D eigenvalue weighted by Crippen LogP contribution is 2.44. The Balaban J connectivity index is 1.48. The molecule has 1 aromatic heterocycles. The topological polar surface area (TPSA) is 125 Å². The third-order valence-corrected chi connectivity index (χ3v) is 5.83. The van der Waals surface area contributed by atoms with Gasteiger partial charge in [-0.25, -0.2) is 9.78 Å². The van der Waals surface area contributed by atoms with Crippen molar-refractivity contribution in [3.63, 3.8) is 0 Å². The highest BCUT2D eigenvalue weighted by atomic mass is 16.5. The van der Waals surface area contributed by atoms with E-state index in [-0.39, 0.29) is 25.5 Å². The molecule has 1 atom stereocenters. The number of amides is 2. The number of terminal acetylenes is 1. The number of carbonyl (C=O) groups excluding carboxylic acids is 2. The Labute approximate surface area is 202 Å². The van der Waals surface area contributed by atoms with E-state index in [4.69, 9.17) is 16.3 Å². The fourth-order valence-corrected chi connectivity index (χ4v) is 4.30. The number of nitrogens with one attached hydrogen (secondary N) is 2. The molecular weight excluding hydrogens is 448 g/mol. The van der Waals surface area contributed by atoms with E-state index in [9.17, 15) is 14.4 Å². The number of alkyl carbamates (subject to hydrolysis) is 1. The lowest BCUT2D eigenvalue weighted by Gasteiger charge is -2.25. The predicted molar refractivity (Wildman–Crippen MR) is 127 cm³/mol. The molecule has 1 heterocycles. The number of hydrogen-bond donors (Lipinski definition) is 3. The molecule has 2 aromatic carbocycles. The van der Waals surface area contributed by atoms with Crippen LogP contribution < -0.4 is 5.32 Å². The number of H-pyrrole nitrogens is 1. The zero-order valence-electron chi connectivity index (χ0n) is 18.8. The Morgan fingerprint density at radius 1 is 1.14 bits per heavy atom. The van der Waals surface area contributed by atoms with E-state index in [0.717, 1.165) is 27.2 Å². The molecule has 0 saturated carbocycles. The van der Waals surface area contributed by atoms with Gasteiger partial charge < -0.3 is 25.0 Å². The molecular formula is C26H24N4O5. The second kappa shape index (κ2) is 10.6. The average molecular weight is 473 g/mol. The number of fused-ring (bicyclic) bond motifs is 3. The lowest BCUT2D eigenvalue weighted by atomic mass is 9.98. The average Bonchev–Trinajstić information content (AvgIpc) is 3.47. The van der Waals surface area contributed by atoms with Crippen LogP contribution in [0.4, 0.5) is 4.79 Å². The Hall–Kier alpha value is -4.58. The summed E-state index contributed by atoms with van der Waals surface area (Å²) in [5, 5.41) is 11.7. The molecule has 1 aliphatic rings. The van der Waals surface area contributed by atoms with E-state index in [2.05, 4.69) is 21.2 Å². The summed E-state index contributed by atoms with van der Waals surface area (Å²) in [7, 11) is 0. The zero-order valence-corrected chi connectivity index (χ0v) is 18.8. The van der Waals surface area contributed by atoms with Crippen LogP contribution in [0.3, 0.4) is 0 Å². The van der Waals surface area contributed by atoms with Gasteiger partial charge in [0, 0.05) is 24.2 Å². The van der Waals surface area contributed by atoms with Gasteiger partial charge in [-0.1, -0.05) is 54.5 Å². The van der Waals surface area contributed by atoms with Crippen LogP contribution in [0.15, 0.2) is 61.1 Å². The van der Waals surface area contributed by atoms with Crippen molar-refractivity contribution >= 4 is 18.0 Å². The maximum Gasteiger partial charge on any atom is 0.407 e. The molecule has 35 heavy (non-hydrogen) atoms. The van der Waals surface area contributed by atoms with Gasteiger partial charge >= 0.3 is 12.1 Å². The fraction of sp³-hybridized carbons (Fsp3) is 0.231. The summed E-state index contributed by atoms with van der Waals surface area (Å²) in [6.07, 6.45) is 7.54. The standard InChI is InChI=1S/C26H24N4O5/c1-2-11-30(14-24(31)32)25(33)23(12-17-13-27-16-28-17)29-26(34)35-15-22-20-9-5-3-7-18(20)19-8-4-6-10-21(19)22/h1,3-10,13,16,22-23H,11-12,14-15H2,(H,27,28)(H,29,34)(H,31,32). The fourth-order valence-electron chi connectivity index (χ4n) is 4.30. The minimum Gasteiger partial charge on any atom is -0.480 e. The third kappa shape index (κ3) is 5.33. The number of aromatic amines is 1. The lowest BCUT2D eigenvalue weighted by molar-refractivity contribution is -0.144. The molecule has 9 heteroatoms. The van der Waals surface area contributed by atoms with Crippen molar-refractivity contribution in [2.75, 3.05) is 19.7 Å². The van der Waals surface area contributed by atoms with Gasteiger partial charge in [0.1, 0.15) is 19.2 Å². The van der Waals surface area contributed by atoms with Gasteiger partial charge in [-0.15, -0.1) is 6.42 Å². The highest BCUT2D eigenvalue weighted by molar-refractivity contribution is 5.88. The first kappa shape index (κ1) is 23.6. The number of carboxylic acid groups (broad SMARTS) is 1. The maximum atomic E-state index is 13.1. The summed E-state index contributed by atoms with van der Waals surface area (Å²) < 4.78 is 5.56. The number of imidazole rings is 1. The van der Waals surface area contributed by atoms with Crippen LogP contribution in [0.1, 0.15) is 22.7 Å². The minimum absolute atomic E-state index is 0.0592. The zero-order chi connectivity index (χ0) is 24.8. The molecule has 9 nitrogen and oxygen atoms in total. The van der Waals surface area contributed by atoms with Gasteiger partial charge in [0.05, 0.1) is 12.9 Å². The van der Waals surface area contributed by atoms with Crippen molar-refractivity contribution in [3.8, 4) is 23.5 Å². The van der Waals surface area contributed by atoms with Gasteiger partial charge in [0.2, 0.25) is 5.91 Å². The van der Waals surface area contributed by atoms with Gasteiger partial charge in [0.15, 0.2) is 0 Å². The van der Waals surface area contributed by atoms with E-state index >= 15 is 0 Å². The molecule has 1 unspecified atom stereocenters. The van der Waals surface area contributed by atoms with Gasteiger partial charge in [-0.3, -0.25) is 9.59 Å². The van der Waals surface area contributed by atoms with Crippen molar-refractivity contribution < 1.29 is 24.2 Å². The Kier molecular flexibility index (Phi) is 7.12. The van der Waals surface area contributed by atoms with Gasteiger partial charge in [0.25, 0.3) is 0 Å². The van der Waals surface area contributed by atoms with Crippen molar-refractivity contribution in [3.05, 3.63) is 77.9 Å². The normalized spacial score (nSPS) is 12.7. The predicted octanol–water partition coefficient (Wildman–Crippen LogP) is 2.41. The first-order chi connectivity index (χ1) is 17.0. The molecule has 178 valence electrons. The van der Waals surface area contributed by atoms with Crippen LogP contribution in [0.25, 0.3) is 11.1 Å².